The smallest absolute Gasteiger partial charge is 0.387 e. The number of phosphoric acid groups is 2. The van der Waals surface area contributed by atoms with Crippen LogP contribution in [-0.2, 0) is 39.6 Å². The lowest BCUT2D eigenvalue weighted by molar-refractivity contribution is -0.0544. The molecule has 0 spiro atoms. The molecule has 0 radical (unpaired) electrons. The van der Waals surface area contributed by atoms with Crippen molar-refractivity contribution in [3.8, 4) is 0 Å². The van der Waals surface area contributed by atoms with Crippen LogP contribution in [0.4, 0.5) is 0 Å². The number of aromatic nitrogens is 2. The molecule has 1 aliphatic rings. The number of nitrogens with zero attached hydrogens (tertiary/aromatic N) is 2. The molecule has 16 heteroatoms. The van der Waals surface area contributed by atoms with Gasteiger partial charge in [-0.25, -0.2) is 13.9 Å². The van der Waals surface area contributed by atoms with Crippen LogP contribution in [0.5, 0.6) is 0 Å². The Kier molecular flexibility index (Phi) is 9.92. The van der Waals surface area contributed by atoms with E-state index in [-0.39, 0.29) is 6.61 Å². The highest BCUT2D eigenvalue weighted by molar-refractivity contribution is 7.98. The first-order valence-electron chi connectivity index (χ1n) is 11.5. The molecular formula is C23H26N2O11P2S. The van der Waals surface area contributed by atoms with Crippen molar-refractivity contribution in [1.82, 2.24) is 9.55 Å². The second kappa shape index (κ2) is 13.0. The summed E-state index contributed by atoms with van der Waals surface area (Å²) in [5.74, 6) is 0.583. The Morgan fingerprint density at radius 2 is 1.51 bits per heavy atom. The summed E-state index contributed by atoms with van der Waals surface area (Å²) in [5, 5.41) is 21.2. The zero-order valence-electron chi connectivity index (χ0n) is 20.2. The van der Waals surface area contributed by atoms with E-state index in [1.165, 1.54) is 18.0 Å². The van der Waals surface area contributed by atoms with E-state index in [9.17, 15) is 33.9 Å². The molecule has 6 atom stereocenters. The van der Waals surface area contributed by atoms with E-state index in [2.05, 4.69) is 9.29 Å². The normalized spacial score (nSPS) is 24.2. The summed E-state index contributed by atoms with van der Waals surface area (Å²) < 4.78 is 44.5. The molecule has 1 fully saturated rings. The van der Waals surface area contributed by atoms with Crippen LogP contribution in [0.3, 0.4) is 0 Å². The van der Waals surface area contributed by atoms with E-state index < -0.39 is 52.5 Å². The standard InChI is InChI=1S/C23H26N2O11P2S/c26-20-18(14-34-38(31,32)36-37(29,30)33-13-16-7-3-1-4-8-16)35-22(21(20)27)25-12-11-19(24-23(25)28)39-15-17-9-5-2-6-10-17/h1-12,18,20-22,26-27H,13-15H2,(H,29,30)(H,31,32)/t18-,20+,21?,22-/m1/s1. The SMILES string of the molecule is O=c1nc(SCc2ccccc2)ccn1[C@@H]1O[C@H](COP(=O)(O)OP(=O)(O)OCc2ccccc2)[C@H](O)C1O. The van der Waals surface area contributed by atoms with Crippen LogP contribution >= 0.6 is 27.4 Å². The van der Waals surface area contributed by atoms with Crippen LogP contribution in [0.15, 0.2) is 82.7 Å². The summed E-state index contributed by atoms with van der Waals surface area (Å²) in [6.07, 6.45) is -4.67. The van der Waals surface area contributed by atoms with E-state index in [0.29, 0.717) is 16.3 Å². The first-order valence-corrected chi connectivity index (χ1v) is 15.5. The first kappa shape index (κ1) is 29.8. The molecule has 0 amide bonds. The number of aliphatic hydroxyl groups excluding tert-OH is 2. The number of aliphatic hydroxyl groups is 2. The zero-order chi connectivity index (χ0) is 28.0. The number of hydrogen-bond donors (Lipinski definition) is 4. The van der Waals surface area contributed by atoms with Gasteiger partial charge in [-0.15, -0.1) is 11.8 Å². The molecule has 1 aromatic heterocycles. The zero-order valence-corrected chi connectivity index (χ0v) is 22.8. The van der Waals surface area contributed by atoms with Crippen LogP contribution in [-0.4, -0.2) is 54.5 Å². The fraction of sp³-hybridized carbons (Fsp3) is 0.304. The lowest BCUT2D eigenvalue weighted by Crippen LogP contribution is -2.36. The third-order valence-corrected chi connectivity index (χ3v) is 9.07. The molecular weight excluding hydrogens is 574 g/mol. The summed E-state index contributed by atoms with van der Waals surface area (Å²) in [6.45, 7) is -1.20. The van der Waals surface area contributed by atoms with Gasteiger partial charge in [0.2, 0.25) is 0 Å². The molecule has 2 aromatic carbocycles. The highest BCUT2D eigenvalue weighted by Gasteiger charge is 2.46. The highest BCUT2D eigenvalue weighted by Crippen LogP contribution is 2.60. The molecule has 0 aliphatic carbocycles. The summed E-state index contributed by atoms with van der Waals surface area (Å²) >= 11 is 1.33. The van der Waals surface area contributed by atoms with E-state index >= 15 is 0 Å². The number of rotatable bonds is 12. The first-order chi connectivity index (χ1) is 18.5. The quantitative estimate of drug-likeness (QED) is 0.135. The van der Waals surface area contributed by atoms with Gasteiger partial charge in [-0.3, -0.25) is 13.6 Å². The monoisotopic (exact) mass is 600 g/mol. The maximum atomic E-state index is 12.6. The molecule has 210 valence electrons. The summed E-state index contributed by atoms with van der Waals surface area (Å²) in [6, 6.07) is 19.4. The molecule has 3 unspecified atom stereocenters. The molecule has 4 N–H and O–H groups in total. The summed E-state index contributed by atoms with van der Waals surface area (Å²) in [4.78, 5) is 36.2. The lowest BCUT2D eigenvalue weighted by atomic mass is 10.1. The minimum Gasteiger partial charge on any atom is -0.387 e. The van der Waals surface area contributed by atoms with Crippen molar-refractivity contribution in [3.63, 3.8) is 0 Å². The Bertz CT molecular complexity index is 1400. The van der Waals surface area contributed by atoms with Gasteiger partial charge in [0.15, 0.2) is 6.23 Å². The van der Waals surface area contributed by atoms with Gasteiger partial charge in [-0.2, -0.15) is 9.29 Å². The summed E-state index contributed by atoms with van der Waals surface area (Å²) in [5.41, 5.74) is 0.803. The average molecular weight is 600 g/mol. The van der Waals surface area contributed by atoms with Gasteiger partial charge < -0.3 is 24.7 Å². The number of thioether (sulfide) groups is 1. The Morgan fingerprint density at radius 3 is 2.15 bits per heavy atom. The Balaban J connectivity index is 1.32. The second-order valence-electron chi connectivity index (χ2n) is 8.35. The van der Waals surface area contributed by atoms with Crippen molar-refractivity contribution in [2.24, 2.45) is 0 Å². The molecule has 0 bridgehead atoms. The number of phosphoric ester groups is 2. The van der Waals surface area contributed by atoms with Gasteiger partial charge >= 0.3 is 21.3 Å². The topological polar surface area (TPSA) is 187 Å². The third kappa shape index (κ3) is 8.40. The van der Waals surface area contributed by atoms with Crippen LogP contribution in [0, 0.1) is 0 Å². The number of ether oxygens (including phenoxy) is 1. The van der Waals surface area contributed by atoms with Crippen molar-refractivity contribution >= 4 is 27.4 Å². The highest BCUT2D eigenvalue weighted by atomic mass is 32.2. The molecule has 3 aromatic rings. The summed E-state index contributed by atoms with van der Waals surface area (Å²) in [7, 11) is -10.2. The predicted molar refractivity (Wildman–Crippen MR) is 138 cm³/mol. The van der Waals surface area contributed by atoms with E-state index in [1.807, 2.05) is 30.3 Å². The molecule has 13 nitrogen and oxygen atoms in total. The van der Waals surface area contributed by atoms with Crippen LogP contribution in [0.1, 0.15) is 17.4 Å². The van der Waals surface area contributed by atoms with Crippen molar-refractivity contribution in [3.05, 3.63) is 94.5 Å². The van der Waals surface area contributed by atoms with Crippen LogP contribution in [0.2, 0.25) is 0 Å². The van der Waals surface area contributed by atoms with Crippen molar-refractivity contribution < 1.29 is 47.2 Å². The number of benzene rings is 2. The Labute approximate surface area is 227 Å². The van der Waals surface area contributed by atoms with Gasteiger partial charge in [0.25, 0.3) is 0 Å². The maximum Gasteiger partial charge on any atom is 0.481 e. The van der Waals surface area contributed by atoms with E-state index in [0.717, 1.165) is 10.1 Å². The molecule has 39 heavy (non-hydrogen) atoms. The molecule has 4 rings (SSSR count). The minimum absolute atomic E-state index is 0.376. The second-order valence-corrected chi connectivity index (χ2v) is 12.4. The predicted octanol–water partition coefficient (Wildman–Crippen LogP) is 2.61. The molecule has 0 saturated carbocycles. The van der Waals surface area contributed by atoms with Crippen molar-refractivity contribution in [2.75, 3.05) is 6.61 Å². The van der Waals surface area contributed by atoms with Crippen LogP contribution < -0.4 is 5.69 Å². The van der Waals surface area contributed by atoms with Crippen LogP contribution in [0.25, 0.3) is 0 Å². The minimum atomic E-state index is -5.17. The fourth-order valence-corrected chi connectivity index (χ4v) is 6.45. The molecule has 1 aliphatic heterocycles. The van der Waals surface area contributed by atoms with E-state index in [4.69, 9.17) is 13.8 Å². The van der Waals surface area contributed by atoms with Gasteiger partial charge in [-0.1, -0.05) is 60.7 Å². The lowest BCUT2D eigenvalue weighted by Gasteiger charge is -2.19. The van der Waals surface area contributed by atoms with Gasteiger partial charge in [0, 0.05) is 11.9 Å². The largest absolute Gasteiger partial charge is 0.481 e. The van der Waals surface area contributed by atoms with Crippen molar-refractivity contribution in [2.45, 2.75) is 41.9 Å². The number of hydrogen-bond acceptors (Lipinski definition) is 11. The van der Waals surface area contributed by atoms with Crippen molar-refractivity contribution in [1.29, 1.82) is 0 Å². The van der Waals surface area contributed by atoms with E-state index in [1.54, 1.807) is 36.4 Å². The van der Waals surface area contributed by atoms with Gasteiger partial charge in [-0.05, 0) is 17.2 Å². The fourth-order valence-electron chi connectivity index (χ4n) is 3.57. The molecule has 1 saturated heterocycles. The molecule has 2 heterocycles. The maximum absolute atomic E-state index is 12.6. The van der Waals surface area contributed by atoms with Gasteiger partial charge in [0.1, 0.15) is 23.3 Å². The Morgan fingerprint density at radius 1 is 0.897 bits per heavy atom. The third-order valence-electron chi connectivity index (χ3n) is 5.49. The average Bonchev–Trinajstić information content (AvgIpc) is 3.19. The Hall–Kier alpha value is -2.19. The van der Waals surface area contributed by atoms with Gasteiger partial charge in [0.05, 0.1) is 13.2 Å².